The number of benzene rings is 1. The monoisotopic (exact) mass is 216 g/mol. The van der Waals surface area contributed by atoms with Crippen molar-refractivity contribution in [2.75, 3.05) is 37.6 Å². The van der Waals surface area contributed by atoms with Crippen molar-refractivity contribution in [1.29, 1.82) is 0 Å². The van der Waals surface area contributed by atoms with E-state index in [9.17, 15) is 0 Å². The van der Waals surface area contributed by atoms with E-state index in [1.165, 1.54) is 18.8 Å². The molecule has 0 unspecified atom stereocenters. The first-order chi connectivity index (χ1) is 7.90. The maximum atomic E-state index is 2.50. The van der Waals surface area contributed by atoms with Crippen LogP contribution in [-0.4, -0.2) is 37.6 Å². The number of nitrogens with zero attached hydrogens (tertiary/aromatic N) is 2. The third-order valence-corrected chi connectivity index (χ3v) is 3.09. The zero-order valence-electron chi connectivity index (χ0n) is 9.97. The molecule has 1 aromatic carbocycles. The molecule has 1 aromatic rings. The van der Waals surface area contributed by atoms with Gasteiger partial charge in [0.05, 0.1) is 0 Å². The SMILES string of the molecule is CC=CCN1CCN(c2ccccc2)CC1. The molecule has 0 N–H and O–H groups in total. The minimum absolute atomic E-state index is 1.10. The van der Waals surface area contributed by atoms with Gasteiger partial charge in [-0.05, 0) is 19.1 Å². The summed E-state index contributed by atoms with van der Waals surface area (Å²) < 4.78 is 0. The van der Waals surface area contributed by atoms with Gasteiger partial charge in [-0.25, -0.2) is 0 Å². The first-order valence-corrected chi connectivity index (χ1v) is 6.03. The molecule has 1 aliphatic rings. The molecule has 2 nitrogen and oxygen atoms in total. The zero-order valence-corrected chi connectivity index (χ0v) is 9.97. The van der Waals surface area contributed by atoms with E-state index in [1.807, 2.05) is 0 Å². The van der Waals surface area contributed by atoms with E-state index in [-0.39, 0.29) is 0 Å². The molecule has 0 aromatic heterocycles. The predicted molar refractivity (Wildman–Crippen MR) is 69.9 cm³/mol. The van der Waals surface area contributed by atoms with Gasteiger partial charge >= 0.3 is 0 Å². The highest BCUT2D eigenvalue weighted by atomic mass is 15.3. The Kier molecular flexibility index (Phi) is 4.00. The molecular formula is C14H20N2. The lowest BCUT2D eigenvalue weighted by atomic mass is 10.2. The minimum atomic E-state index is 1.10. The van der Waals surface area contributed by atoms with Gasteiger partial charge in [0.2, 0.25) is 0 Å². The lowest BCUT2D eigenvalue weighted by Gasteiger charge is -2.35. The van der Waals surface area contributed by atoms with Crippen molar-refractivity contribution in [3.05, 3.63) is 42.5 Å². The topological polar surface area (TPSA) is 6.48 Å². The van der Waals surface area contributed by atoms with Crippen LogP contribution in [0.15, 0.2) is 42.5 Å². The Morgan fingerprint density at radius 1 is 1.06 bits per heavy atom. The van der Waals surface area contributed by atoms with Crippen molar-refractivity contribution >= 4 is 5.69 Å². The number of rotatable bonds is 3. The lowest BCUT2D eigenvalue weighted by Crippen LogP contribution is -2.46. The van der Waals surface area contributed by atoms with Crippen LogP contribution in [0.4, 0.5) is 5.69 Å². The highest BCUT2D eigenvalue weighted by molar-refractivity contribution is 5.46. The minimum Gasteiger partial charge on any atom is -0.369 e. The van der Waals surface area contributed by atoms with Gasteiger partial charge in [-0.3, -0.25) is 4.90 Å². The van der Waals surface area contributed by atoms with E-state index in [0.717, 1.165) is 19.6 Å². The summed E-state index contributed by atoms with van der Waals surface area (Å²) in [6.45, 7) is 7.79. The molecule has 2 heteroatoms. The van der Waals surface area contributed by atoms with E-state index in [4.69, 9.17) is 0 Å². The molecule has 86 valence electrons. The number of hydrogen-bond acceptors (Lipinski definition) is 2. The van der Waals surface area contributed by atoms with Crippen molar-refractivity contribution in [3.8, 4) is 0 Å². The smallest absolute Gasteiger partial charge is 0.0367 e. The third kappa shape index (κ3) is 2.86. The normalized spacial score (nSPS) is 18.2. The summed E-state index contributed by atoms with van der Waals surface area (Å²) in [5, 5.41) is 0. The maximum Gasteiger partial charge on any atom is 0.0367 e. The van der Waals surface area contributed by atoms with Crippen LogP contribution in [-0.2, 0) is 0 Å². The second-order valence-corrected chi connectivity index (χ2v) is 4.19. The third-order valence-electron chi connectivity index (χ3n) is 3.09. The van der Waals surface area contributed by atoms with Crippen LogP contribution in [0.5, 0.6) is 0 Å². The average molecular weight is 216 g/mol. The van der Waals surface area contributed by atoms with E-state index in [2.05, 4.69) is 59.2 Å². The Morgan fingerprint density at radius 3 is 2.38 bits per heavy atom. The highest BCUT2D eigenvalue weighted by Gasteiger charge is 2.15. The Balaban J connectivity index is 1.86. The number of allylic oxidation sites excluding steroid dienone is 1. The van der Waals surface area contributed by atoms with Gasteiger partial charge in [-0.15, -0.1) is 0 Å². The molecule has 16 heavy (non-hydrogen) atoms. The van der Waals surface area contributed by atoms with Crippen molar-refractivity contribution in [3.63, 3.8) is 0 Å². The number of piperazine rings is 1. The number of hydrogen-bond donors (Lipinski definition) is 0. The largest absolute Gasteiger partial charge is 0.369 e. The quantitative estimate of drug-likeness (QED) is 0.716. The predicted octanol–water partition coefficient (Wildman–Crippen LogP) is 2.38. The van der Waals surface area contributed by atoms with Crippen LogP contribution in [0.2, 0.25) is 0 Å². The fourth-order valence-electron chi connectivity index (χ4n) is 2.08. The van der Waals surface area contributed by atoms with Gasteiger partial charge in [0.1, 0.15) is 0 Å². The molecule has 0 spiro atoms. The van der Waals surface area contributed by atoms with Crippen LogP contribution in [0.3, 0.4) is 0 Å². The van der Waals surface area contributed by atoms with Crippen molar-refractivity contribution in [2.24, 2.45) is 0 Å². The van der Waals surface area contributed by atoms with Crippen LogP contribution in [0, 0.1) is 0 Å². The Hall–Kier alpha value is -1.28. The standard InChI is InChI=1S/C14H20N2/c1-2-3-9-15-10-12-16(13-11-15)14-7-5-4-6-8-14/h2-8H,9-13H2,1H3. The van der Waals surface area contributed by atoms with E-state index in [0.29, 0.717) is 0 Å². The van der Waals surface area contributed by atoms with Crippen LogP contribution >= 0.6 is 0 Å². The molecule has 1 saturated heterocycles. The maximum absolute atomic E-state index is 2.50. The summed E-state index contributed by atoms with van der Waals surface area (Å²) in [6.07, 6.45) is 4.36. The molecule has 0 saturated carbocycles. The summed E-state index contributed by atoms with van der Waals surface area (Å²) in [6, 6.07) is 10.7. The van der Waals surface area contributed by atoms with Gasteiger partial charge in [-0.1, -0.05) is 30.4 Å². The molecule has 0 aliphatic carbocycles. The van der Waals surface area contributed by atoms with E-state index >= 15 is 0 Å². The fraction of sp³-hybridized carbons (Fsp3) is 0.429. The summed E-state index contributed by atoms with van der Waals surface area (Å²) >= 11 is 0. The van der Waals surface area contributed by atoms with E-state index in [1.54, 1.807) is 0 Å². The first-order valence-electron chi connectivity index (χ1n) is 6.03. The van der Waals surface area contributed by atoms with Crippen LogP contribution < -0.4 is 4.90 Å². The summed E-state index contributed by atoms with van der Waals surface area (Å²) in [4.78, 5) is 4.96. The van der Waals surface area contributed by atoms with E-state index < -0.39 is 0 Å². The second kappa shape index (κ2) is 5.71. The van der Waals surface area contributed by atoms with Gasteiger partial charge in [0, 0.05) is 38.4 Å². The molecule has 0 atom stereocenters. The fourth-order valence-corrected chi connectivity index (χ4v) is 2.08. The lowest BCUT2D eigenvalue weighted by molar-refractivity contribution is 0.284. The van der Waals surface area contributed by atoms with Gasteiger partial charge in [0.15, 0.2) is 0 Å². The van der Waals surface area contributed by atoms with Crippen molar-refractivity contribution in [1.82, 2.24) is 4.90 Å². The average Bonchev–Trinajstić information content (AvgIpc) is 2.38. The molecule has 0 radical (unpaired) electrons. The second-order valence-electron chi connectivity index (χ2n) is 4.19. The van der Waals surface area contributed by atoms with Gasteiger partial charge in [0.25, 0.3) is 0 Å². The summed E-state index contributed by atoms with van der Waals surface area (Å²) in [5.41, 5.74) is 1.35. The Morgan fingerprint density at radius 2 is 1.75 bits per heavy atom. The number of anilines is 1. The number of para-hydroxylation sites is 1. The van der Waals surface area contributed by atoms with Gasteiger partial charge in [-0.2, -0.15) is 0 Å². The molecule has 1 fully saturated rings. The Labute approximate surface area is 98.2 Å². The van der Waals surface area contributed by atoms with Crippen LogP contribution in [0.25, 0.3) is 0 Å². The summed E-state index contributed by atoms with van der Waals surface area (Å²) in [7, 11) is 0. The van der Waals surface area contributed by atoms with Crippen molar-refractivity contribution in [2.45, 2.75) is 6.92 Å². The molecular weight excluding hydrogens is 196 g/mol. The summed E-state index contributed by atoms with van der Waals surface area (Å²) in [5.74, 6) is 0. The molecule has 1 heterocycles. The molecule has 0 amide bonds. The first kappa shape index (κ1) is 11.2. The Bertz CT molecular complexity index is 324. The molecule has 2 rings (SSSR count). The molecule has 1 aliphatic heterocycles. The van der Waals surface area contributed by atoms with Gasteiger partial charge < -0.3 is 4.90 Å². The van der Waals surface area contributed by atoms with Crippen LogP contribution in [0.1, 0.15) is 6.92 Å². The zero-order chi connectivity index (χ0) is 11.2. The van der Waals surface area contributed by atoms with Crippen molar-refractivity contribution < 1.29 is 0 Å². The highest BCUT2D eigenvalue weighted by Crippen LogP contribution is 2.15. The molecule has 0 bridgehead atoms.